The summed E-state index contributed by atoms with van der Waals surface area (Å²) in [6, 6.07) is 3.36. The van der Waals surface area contributed by atoms with Gasteiger partial charge in [0.1, 0.15) is 23.3 Å². The van der Waals surface area contributed by atoms with Crippen LogP contribution >= 0.6 is 0 Å². The molecule has 0 atom stereocenters. The lowest BCUT2D eigenvalue weighted by Crippen LogP contribution is -2.73. The van der Waals surface area contributed by atoms with Gasteiger partial charge in [0.05, 0.1) is 5.56 Å². The molecule has 4 nitrogen and oxygen atoms in total. The minimum absolute atomic E-state index is 0.355. The fourth-order valence-electron chi connectivity index (χ4n) is 2.49. The number of rotatable bonds is 5. The normalized spacial score (nSPS) is 12.8. The first-order valence-corrected chi connectivity index (χ1v) is 6.88. The monoisotopic (exact) mass is 387 g/mol. The molecular formula is C15H12F7NO3. The zero-order valence-electron chi connectivity index (χ0n) is 13.3. The summed E-state index contributed by atoms with van der Waals surface area (Å²) in [6.45, 7) is 0.709. The number of benzene rings is 1. The Balaban J connectivity index is 3.69. The number of amides is 1. The van der Waals surface area contributed by atoms with Crippen LogP contribution < -0.4 is 5.32 Å². The number of nitrogens with one attached hydrogen (secondary N) is 1. The van der Waals surface area contributed by atoms with Gasteiger partial charge in [0, 0.05) is 0 Å². The molecule has 0 fully saturated rings. The van der Waals surface area contributed by atoms with Gasteiger partial charge in [0.2, 0.25) is 5.54 Å². The highest BCUT2D eigenvalue weighted by Crippen LogP contribution is 2.48. The molecule has 26 heavy (non-hydrogen) atoms. The first-order valence-electron chi connectivity index (χ1n) is 6.88. The van der Waals surface area contributed by atoms with Crippen LogP contribution in [0.2, 0.25) is 0 Å². The van der Waals surface area contributed by atoms with E-state index in [0.717, 1.165) is 12.1 Å². The third-order valence-electron chi connectivity index (χ3n) is 3.57. The second-order valence-corrected chi connectivity index (χ2v) is 5.39. The van der Waals surface area contributed by atoms with Crippen molar-refractivity contribution in [3.8, 4) is 0 Å². The van der Waals surface area contributed by atoms with Gasteiger partial charge in [-0.1, -0.05) is 12.1 Å². The van der Waals surface area contributed by atoms with Crippen LogP contribution in [-0.2, 0) is 9.59 Å². The predicted octanol–water partition coefficient (Wildman–Crippen LogP) is 3.21. The molecule has 0 aromatic heterocycles. The highest BCUT2D eigenvalue weighted by atomic mass is 19.4. The van der Waals surface area contributed by atoms with Crippen LogP contribution in [0.5, 0.6) is 0 Å². The van der Waals surface area contributed by atoms with E-state index in [2.05, 4.69) is 0 Å². The van der Waals surface area contributed by atoms with E-state index in [-0.39, 0.29) is 0 Å². The van der Waals surface area contributed by atoms with Crippen molar-refractivity contribution in [3.05, 3.63) is 35.6 Å². The molecule has 0 aliphatic rings. The van der Waals surface area contributed by atoms with Crippen LogP contribution in [0.1, 0.15) is 24.2 Å². The number of hydrogen-bond acceptors (Lipinski definition) is 3. The quantitative estimate of drug-likeness (QED) is 0.624. The molecular weight excluding hydrogens is 375 g/mol. The maximum Gasteiger partial charge on any atom is 0.421 e. The lowest BCUT2D eigenvalue weighted by Gasteiger charge is -2.41. The minimum Gasteiger partial charge on any atom is -0.329 e. The van der Waals surface area contributed by atoms with Crippen molar-refractivity contribution in [2.24, 2.45) is 5.92 Å². The summed E-state index contributed by atoms with van der Waals surface area (Å²) in [4.78, 5) is 34.9. The van der Waals surface area contributed by atoms with Crippen molar-refractivity contribution in [2.75, 3.05) is 0 Å². The number of carbonyl (C=O) groups excluding carboxylic acids is 3. The van der Waals surface area contributed by atoms with Crippen molar-refractivity contribution >= 4 is 17.5 Å². The average molecular weight is 387 g/mol. The van der Waals surface area contributed by atoms with Crippen molar-refractivity contribution in [3.63, 3.8) is 0 Å². The molecule has 0 unspecified atom stereocenters. The molecule has 0 saturated carbocycles. The maximum atomic E-state index is 13.6. The molecule has 11 heteroatoms. The number of alkyl halides is 6. The average Bonchev–Trinajstić information content (AvgIpc) is 2.43. The Bertz CT molecular complexity index is 697. The third kappa shape index (κ3) is 3.70. The molecule has 1 rings (SSSR count). The number of hydrogen-bond donors (Lipinski definition) is 1. The van der Waals surface area contributed by atoms with E-state index in [1.165, 1.54) is 0 Å². The summed E-state index contributed by atoms with van der Waals surface area (Å²) in [6.07, 6.45) is -12.6. The SMILES string of the molecule is CC(=O)C(C(C)=O)C(NC(=O)c1ccccc1F)(C(F)(F)F)C(F)(F)F. The molecule has 1 amide bonds. The summed E-state index contributed by atoms with van der Waals surface area (Å²) in [5.41, 5.74) is -6.33. The van der Waals surface area contributed by atoms with Crippen LogP contribution in [0.25, 0.3) is 0 Å². The summed E-state index contributed by atoms with van der Waals surface area (Å²) in [5, 5.41) is 0.660. The van der Waals surface area contributed by atoms with E-state index in [4.69, 9.17) is 0 Å². The summed E-state index contributed by atoms with van der Waals surface area (Å²) in [5.74, 6) is -10.3. The topological polar surface area (TPSA) is 63.2 Å². The first-order chi connectivity index (χ1) is 11.7. The van der Waals surface area contributed by atoms with E-state index in [9.17, 15) is 45.1 Å². The Labute approximate surface area is 142 Å². The van der Waals surface area contributed by atoms with E-state index in [0.29, 0.717) is 31.3 Å². The van der Waals surface area contributed by atoms with Crippen molar-refractivity contribution < 1.29 is 45.1 Å². The molecule has 1 N–H and O–H groups in total. The van der Waals surface area contributed by atoms with E-state index < -0.39 is 52.7 Å². The van der Waals surface area contributed by atoms with Crippen LogP contribution in [0.4, 0.5) is 30.7 Å². The first kappa shape index (κ1) is 21.6. The smallest absolute Gasteiger partial charge is 0.329 e. The number of ketones is 2. The Hall–Kier alpha value is -2.46. The molecule has 0 bridgehead atoms. The van der Waals surface area contributed by atoms with E-state index >= 15 is 0 Å². The third-order valence-corrected chi connectivity index (χ3v) is 3.57. The van der Waals surface area contributed by atoms with Crippen LogP contribution in [-0.4, -0.2) is 35.4 Å². The van der Waals surface area contributed by atoms with Crippen LogP contribution in [0.3, 0.4) is 0 Å². The molecule has 1 aromatic rings. The van der Waals surface area contributed by atoms with Gasteiger partial charge in [-0.05, 0) is 26.0 Å². The molecule has 144 valence electrons. The number of carbonyl (C=O) groups is 3. The Morgan fingerprint density at radius 2 is 1.31 bits per heavy atom. The highest BCUT2D eigenvalue weighted by molar-refractivity contribution is 6.03. The summed E-state index contributed by atoms with van der Waals surface area (Å²) >= 11 is 0. The van der Waals surface area contributed by atoms with E-state index in [1.54, 1.807) is 0 Å². The second-order valence-electron chi connectivity index (χ2n) is 5.39. The van der Waals surface area contributed by atoms with Crippen LogP contribution in [0, 0.1) is 11.7 Å². The predicted molar refractivity (Wildman–Crippen MR) is 73.6 cm³/mol. The van der Waals surface area contributed by atoms with Gasteiger partial charge in [0.15, 0.2) is 0 Å². The van der Waals surface area contributed by atoms with Crippen LogP contribution in [0.15, 0.2) is 24.3 Å². The second kappa shape index (κ2) is 7.04. The summed E-state index contributed by atoms with van der Waals surface area (Å²) < 4.78 is 94.5. The van der Waals surface area contributed by atoms with Gasteiger partial charge >= 0.3 is 12.4 Å². The molecule has 1 aromatic carbocycles. The standard InChI is InChI=1S/C15H12F7NO3/c1-7(24)11(8(2)25)13(14(17,18)19,15(20,21)22)23-12(26)9-5-3-4-6-10(9)16/h3-6,11H,1-2H3,(H,23,26). The maximum absolute atomic E-state index is 13.6. The van der Waals surface area contributed by atoms with Gasteiger partial charge in [-0.25, -0.2) is 4.39 Å². The van der Waals surface area contributed by atoms with Crippen molar-refractivity contribution in [1.82, 2.24) is 5.32 Å². The van der Waals surface area contributed by atoms with Gasteiger partial charge in [-0.15, -0.1) is 0 Å². The van der Waals surface area contributed by atoms with Gasteiger partial charge in [-0.2, -0.15) is 26.3 Å². The Kier molecular flexibility index (Phi) is 5.84. The van der Waals surface area contributed by atoms with Gasteiger partial charge in [0.25, 0.3) is 5.91 Å². The fraction of sp³-hybridized carbons (Fsp3) is 0.400. The van der Waals surface area contributed by atoms with Gasteiger partial charge < -0.3 is 5.32 Å². The summed E-state index contributed by atoms with van der Waals surface area (Å²) in [7, 11) is 0. The molecule has 0 aliphatic carbocycles. The lowest BCUT2D eigenvalue weighted by molar-refractivity contribution is -0.313. The molecule has 0 heterocycles. The number of Topliss-reactive ketones (excluding diaryl/α,β-unsaturated/α-hetero) is 2. The molecule has 0 aliphatic heterocycles. The lowest BCUT2D eigenvalue weighted by atomic mass is 9.77. The largest absolute Gasteiger partial charge is 0.421 e. The minimum atomic E-state index is -6.28. The zero-order chi connectivity index (χ0) is 20.5. The fourth-order valence-corrected chi connectivity index (χ4v) is 2.49. The highest BCUT2D eigenvalue weighted by Gasteiger charge is 2.77. The number of halogens is 7. The zero-order valence-corrected chi connectivity index (χ0v) is 13.3. The van der Waals surface area contributed by atoms with Gasteiger partial charge in [-0.3, -0.25) is 14.4 Å². The Morgan fingerprint density at radius 1 is 0.885 bits per heavy atom. The van der Waals surface area contributed by atoms with Crippen molar-refractivity contribution in [2.45, 2.75) is 31.7 Å². The molecule has 0 spiro atoms. The Morgan fingerprint density at radius 3 is 1.65 bits per heavy atom. The van der Waals surface area contributed by atoms with E-state index in [1.807, 2.05) is 0 Å². The van der Waals surface area contributed by atoms with Crippen molar-refractivity contribution in [1.29, 1.82) is 0 Å². The molecule has 0 radical (unpaired) electrons. The molecule has 0 saturated heterocycles.